The first kappa shape index (κ1) is 29.4. The van der Waals surface area contributed by atoms with Crippen LogP contribution in [0.5, 0.6) is 17.2 Å². The van der Waals surface area contributed by atoms with E-state index in [4.69, 9.17) is 28.1 Å². The Morgan fingerprint density at radius 3 is 2.39 bits per heavy atom. The zero-order chi connectivity index (χ0) is 29.8. The zero-order valence-electron chi connectivity index (χ0n) is 22.4. The van der Waals surface area contributed by atoms with Crippen LogP contribution in [0, 0.1) is 13.8 Å². The molecule has 7 N–H and O–H groups in total. The zero-order valence-corrected chi connectivity index (χ0v) is 22.4. The lowest BCUT2D eigenvalue weighted by Crippen LogP contribution is -2.60. The molecular weight excluding hydrogens is 548 g/mol. The van der Waals surface area contributed by atoms with Gasteiger partial charge < -0.3 is 63.8 Å². The largest absolute Gasteiger partial charge is 0.506 e. The molecule has 0 aliphatic carbocycles. The highest BCUT2D eigenvalue weighted by atomic mass is 16.7. The SMILES string of the molecule is COc1cc(O[C@@H]2O[C@H](CO[C@@H]3OC[C@](O)(CO)[C@H]3O)[C@H](O)[C@H](O)[C@H]2O)c2c(O)c3c(=O)cc(C)oc3cc2c1C. The second-order valence-electron chi connectivity index (χ2n) is 10.3. The first-order valence-corrected chi connectivity index (χ1v) is 12.8. The number of aromatic hydroxyl groups is 1. The van der Waals surface area contributed by atoms with Gasteiger partial charge in [-0.15, -0.1) is 0 Å². The number of methoxy groups -OCH3 is 1. The summed E-state index contributed by atoms with van der Waals surface area (Å²) in [5.41, 5.74) is -1.71. The van der Waals surface area contributed by atoms with E-state index >= 15 is 0 Å². The van der Waals surface area contributed by atoms with Gasteiger partial charge in [-0.25, -0.2) is 0 Å². The Balaban J connectivity index is 1.48. The normalized spacial score (nSPS) is 32.1. The van der Waals surface area contributed by atoms with E-state index in [1.165, 1.54) is 19.2 Å². The Hall–Kier alpha value is -3.05. The molecule has 0 saturated carbocycles. The number of aryl methyl sites for hydroxylation is 2. The van der Waals surface area contributed by atoms with Gasteiger partial charge in [-0.2, -0.15) is 0 Å². The number of phenolic OH excluding ortho intramolecular Hbond substituents is 1. The number of benzene rings is 2. The Morgan fingerprint density at radius 1 is 1.00 bits per heavy atom. The molecule has 8 atom stereocenters. The van der Waals surface area contributed by atoms with Crippen molar-refractivity contribution in [3.63, 3.8) is 0 Å². The van der Waals surface area contributed by atoms with Gasteiger partial charge in [0.05, 0.1) is 32.3 Å². The molecule has 2 aliphatic heterocycles. The monoisotopic (exact) mass is 580 g/mol. The molecule has 3 aromatic rings. The second kappa shape index (κ2) is 11.0. The first-order valence-electron chi connectivity index (χ1n) is 12.8. The van der Waals surface area contributed by atoms with Gasteiger partial charge in [0.25, 0.3) is 0 Å². The van der Waals surface area contributed by atoms with Gasteiger partial charge in [0.1, 0.15) is 70.1 Å². The Kier molecular flexibility index (Phi) is 7.88. The van der Waals surface area contributed by atoms with Crippen molar-refractivity contribution in [2.45, 2.75) is 62.5 Å². The van der Waals surface area contributed by atoms with Crippen molar-refractivity contribution in [2.24, 2.45) is 0 Å². The van der Waals surface area contributed by atoms with Gasteiger partial charge in [0.15, 0.2) is 11.7 Å². The number of ether oxygens (including phenoxy) is 5. The van der Waals surface area contributed by atoms with Crippen LogP contribution in [-0.2, 0) is 14.2 Å². The highest BCUT2D eigenvalue weighted by Gasteiger charge is 2.50. The third-order valence-electron chi connectivity index (χ3n) is 7.53. The predicted molar refractivity (Wildman–Crippen MR) is 139 cm³/mol. The molecule has 14 heteroatoms. The Morgan fingerprint density at radius 2 is 1.73 bits per heavy atom. The van der Waals surface area contributed by atoms with Crippen molar-refractivity contribution in [3.05, 3.63) is 39.7 Å². The minimum atomic E-state index is -1.94. The third kappa shape index (κ3) is 5.01. The van der Waals surface area contributed by atoms with Crippen LogP contribution in [0.3, 0.4) is 0 Å². The molecule has 0 radical (unpaired) electrons. The number of aliphatic hydroxyl groups excluding tert-OH is 5. The van der Waals surface area contributed by atoms with Crippen molar-refractivity contribution in [3.8, 4) is 17.2 Å². The number of hydrogen-bond acceptors (Lipinski definition) is 14. The quantitative estimate of drug-likeness (QED) is 0.165. The summed E-state index contributed by atoms with van der Waals surface area (Å²) >= 11 is 0. The highest BCUT2D eigenvalue weighted by Crippen LogP contribution is 2.44. The Bertz CT molecular complexity index is 1500. The lowest BCUT2D eigenvalue weighted by atomic mass is 9.98. The van der Waals surface area contributed by atoms with Gasteiger partial charge in [-0.3, -0.25) is 4.79 Å². The minimum absolute atomic E-state index is 0.0725. The van der Waals surface area contributed by atoms with E-state index in [1.54, 1.807) is 19.9 Å². The summed E-state index contributed by atoms with van der Waals surface area (Å²) in [6, 6.07) is 4.20. The number of fused-ring (bicyclic) bond motifs is 2. The summed E-state index contributed by atoms with van der Waals surface area (Å²) in [6.07, 6.45) is -11.1. The van der Waals surface area contributed by atoms with Crippen LogP contribution in [0.2, 0.25) is 0 Å². The van der Waals surface area contributed by atoms with Crippen molar-refractivity contribution in [1.82, 2.24) is 0 Å². The smallest absolute Gasteiger partial charge is 0.229 e. The van der Waals surface area contributed by atoms with Crippen LogP contribution < -0.4 is 14.9 Å². The highest BCUT2D eigenvalue weighted by molar-refractivity contribution is 6.07. The summed E-state index contributed by atoms with van der Waals surface area (Å²) in [5, 5.41) is 73.0. The third-order valence-corrected chi connectivity index (χ3v) is 7.53. The van der Waals surface area contributed by atoms with Crippen LogP contribution >= 0.6 is 0 Å². The van der Waals surface area contributed by atoms with Crippen LogP contribution in [0.25, 0.3) is 21.7 Å². The van der Waals surface area contributed by atoms with E-state index in [0.29, 0.717) is 22.5 Å². The minimum Gasteiger partial charge on any atom is -0.506 e. The molecule has 2 aliphatic rings. The summed E-state index contributed by atoms with van der Waals surface area (Å²) in [4.78, 5) is 12.7. The van der Waals surface area contributed by atoms with Gasteiger partial charge in [0, 0.05) is 12.1 Å². The second-order valence-corrected chi connectivity index (χ2v) is 10.3. The molecule has 2 aromatic carbocycles. The standard InChI is InChI=1S/C27H32O14/c1-10-4-13(29)19-15(39-10)5-12-11(2)14(36-3)6-16(18(12)21(19)31)40-25-23(33)22(32)20(30)17(41-25)7-37-26-24(34)27(35,8-28)9-38-26/h4-6,17,20,22-26,28,30-35H,7-9H2,1-3H3/t17-,20+,22+,23-,24+,25-,26-,27-/m1/s1. The maximum absolute atomic E-state index is 12.7. The summed E-state index contributed by atoms with van der Waals surface area (Å²) in [6.45, 7) is 1.65. The first-order chi connectivity index (χ1) is 19.4. The molecule has 41 heavy (non-hydrogen) atoms. The van der Waals surface area contributed by atoms with E-state index < -0.39 is 79.7 Å². The van der Waals surface area contributed by atoms with Crippen LogP contribution in [0.15, 0.2) is 27.4 Å². The predicted octanol–water partition coefficient (Wildman–Crippen LogP) is -1.08. The molecule has 2 fully saturated rings. The van der Waals surface area contributed by atoms with Crippen LogP contribution in [-0.4, -0.2) is 111 Å². The van der Waals surface area contributed by atoms with Crippen molar-refractivity contribution < 1.29 is 63.8 Å². The molecule has 3 heterocycles. The molecule has 2 saturated heterocycles. The van der Waals surface area contributed by atoms with E-state index in [9.17, 15) is 40.5 Å². The Labute approximate surface area is 232 Å². The number of aliphatic hydroxyl groups is 6. The topological polar surface area (TPSA) is 218 Å². The number of phenols is 1. The summed E-state index contributed by atoms with van der Waals surface area (Å²) in [5.74, 6) is 0.156. The fourth-order valence-electron chi connectivity index (χ4n) is 5.11. The van der Waals surface area contributed by atoms with Gasteiger partial charge in [0.2, 0.25) is 6.29 Å². The lowest BCUT2D eigenvalue weighted by molar-refractivity contribution is -0.289. The maximum atomic E-state index is 12.7. The molecule has 1 aromatic heterocycles. The number of rotatable bonds is 7. The van der Waals surface area contributed by atoms with E-state index in [1.807, 2.05) is 0 Å². The average Bonchev–Trinajstić information content (AvgIpc) is 3.22. The van der Waals surface area contributed by atoms with Crippen molar-refractivity contribution in [1.29, 1.82) is 0 Å². The molecular formula is C27H32O14. The summed E-state index contributed by atoms with van der Waals surface area (Å²) in [7, 11) is 1.42. The molecule has 0 amide bonds. The molecule has 14 nitrogen and oxygen atoms in total. The summed E-state index contributed by atoms with van der Waals surface area (Å²) < 4.78 is 33.4. The van der Waals surface area contributed by atoms with E-state index in [2.05, 4.69) is 0 Å². The molecule has 0 bridgehead atoms. The van der Waals surface area contributed by atoms with Crippen molar-refractivity contribution >= 4 is 21.7 Å². The maximum Gasteiger partial charge on any atom is 0.229 e. The fraction of sp³-hybridized carbons (Fsp3) is 0.519. The number of hydrogen-bond donors (Lipinski definition) is 7. The molecule has 5 rings (SSSR count). The molecule has 224 valence electrons. The van der Waals surface area contributed by atoms with Crippen molar-refractivity contribution in [2.75, 3.05) is 26.9 Å². The van der Waals surface area contributed by atoms with Gasteiger partial charge in [-0.05, 0) is 30.9 Å². The van der Waals surface area contributed by atoms with Crippen LogP contribution in [0.4, 0.5) is 0 Å². The van der Waals surface area contributed by atoms with Gasteiger partial charge >= 0.3 is 0 Å². The van der Waals surface area contributed by atoms with Gasteiger partial charge in [-0.1, -0.05) is 0 Å². The van der Waals surface area contributed by atoms with E-state index in [-0.39, 0.29) is 22.1 Å². The van der Waals surface area contributed by atoms with Crippen LogP contribution in [0.1, 0.15) is 11.3 Å². The average molecular weight is 581 g/mol. The molecule has 0 spiro atoms. The fourth-order valence-corrected chi connectivity index (χ4v) is 5.11. The lowest BCUT2D eigenvalue weighted by Gasteiger charge is -2.40. The van der Waals surface area contributed by atoms with E-state index in [0.717, 1.165) is 0 Å². The molecule has 0 unspecified atom stereocenters.